The van der Waals surface area contributed by atoms with Gasteiger partial charge in [0.05, 0.1) is 6.61 Å². The number of aryl methyl sites for hydroxylation is 1. The van der Waals surface area contributed by atoms with Crippen LogP contribution in [0, 0.1) is 6.92 Å². The minimum Gasteiger partial charge on any atom is -0.405 e. The van der Waals surface area contributed by atoms with Gasteiger partial charge in [-0.05, 0) is 31.5 Å². The number of rotatable bonds is 8. The molecule has 0 aliphatic heterocycles. The summed E-state index contributed by atoms with van der Waals surface area (Å²) in [6.45, 7) is -0.450. The Labute approximate surface area is 151 Å². The van der Waals surface area contributed by atoms with E-state index >= 15 is 0 Å². The van der Waals surface area contributed by atoms with Gasteiger partial charge in [-0.3, -0.25) is 4.84 Å². The second-order valence-corrected chi connectivity index (χ2v) is 7.83. The summed E-state index contributed by atoms with van der Waals surface area (Å²) in [5.74, 6) is -0.601. The molecule has 2 rings (SSSR count). The van der Waals surface area contributed by atoms with Crippen LogP contribution in [0.25, 0.3) is 0 Å². The van der Waals surface area contributed by atoms with E-state index in [1.807, 2.05) is 37.3 Å². The van der Waals surface area contributed by atoms with Crippen LogP contribution in [0.3, 0.4) is 0 Å². The van der Waals surface area contributed by atoms with E-state index in [2.05, 4.69) is 5.48 Å². The fourth-order valence-corrected chi connectivity index (χ4v) is 3.03. The van der Waals surface area contributed by atoms with Crippen LogP contribution in [0.5, 0.6) is 5.75 Å². The number of hydroxylamine groups is 1. The fraction of sp³-hybridized carbons (Fsp3) is 0.235. The summed E-state index contributed by atoms with van der Waals surface area (Å²) in [6.07, 6.45) is 0. The summed E-state index contributed by atoms with van der Waals surface area (Å²) in [4.78, 5) is 17.2. The molecule has 2 aromatic carbocycles. The zero-order chi connectivity index (χ0) is 18.3. The van der Waals surface area contributed by atoms with Crippen LogP contribution in [-0.4, -0.2) is 12.0 Å². The Morgan fingerprint density at radius 2 is 1.80 bits per heavy atom. The van der Waals surface area contributed by atoms with Crippen LogP contribution in [0.1, 0.15) is 18.1 Å². The second-order valence-electron chi connectivity index (χ2n) is 5.36. The van der Waals surface area contributed by atoms with E-state index in [0.29, 0.717) is 0 Å². The topological polar surface area (TPSA) is 73.9 Å². The normalized spacial score (nSPS) is 14.4. The van der Waals surface area contributed by atoms with E-state index in [1.165, 1.54) is 6.92 Å². The number of nitrogens with one attached hydrogen (secondary N) is 1. The molecule has 0 saturated carbocycles. The minimum absolute atomic E-state index is 0.248. The Balaban J connectivity index is 1.80. The van der Waals surface area contributed by atoms with Crippen molar-refractivity contribution in [3.05, 3.63) is 65.7 Å². The molecule has 0 fully saturated rings. The Hall–Kier alpha value is -1.85. The molecule has 1 unspecified atom stereocenters. The number of carbonyl (C=O) groups is 1. The molecule has 0 aliphatic rings. The van der Waals surface area contributed by atoms with Crippen LogP contribution >= 0.6 is 18.2 Å². The van der Waals surface area contributed by atoms with E-state index in [4.69, 9.17) is 25.1 Å². The maximum Gasteiger partial charge on any atom is 0.532 e. The Morgan fingerprint density at radius 1 is 1.16 bits per heavy atom. The molecule has 25 heavy (non-hydrogen) atoms. The van der Waals surface area contributed by atoms with Crippen molar-refractivity contribution >= 4 is 24.2 Å². The first kappa shape index (κ1) is 19.5. The van der Waals surface area contributed by atoms with Crippen LogP contribution in [0.15, 0.2) is 54.6 Å². The van der Waals surface area contributed by atoms with Crippen LogP contribution in [0.4, 0.5) is 0 Å². The van der Waals surface area contributed by atoms with E-state index in [1.54, 1.807) is 24.3 Å². The first-order valence-corrected chi connectivity index (χ1v) is 10.0. The monoisotopic (exact) mass is 383 g/mol. The maximum atomic E-state index is 12.1. The predicted molar refractivity (Wildman–Crippen MR) is 95.2 cm³/mol. The highest BCUT2D eigenvalue weighted by molar-refractivity contribution is 7.82. The molecule has 1 N–H and O–H groups in total. The molecule has 0 spiro atoms. The number of benzene rings is 2. The van der Waals surface area contributed by atoms with Gasteiger partial charge in [0.1, 0.15) is 11.8 Å². The summed E-state index contributed by atoms with van der Waals surface area (Å²) in [5.41, 5.74) is 4.45. The van der Waals surface area contributed by atoms with Gasteiger partial charge < -0.3 is 9.05 Å². The maximum absolute atomic E-state index is 12.1. The summed E-state index contributed by atoms with van der Waals surface area (Å²) in [6, 6.07) is 15.2. The lowest BCUT2D eigenvalue weighted by molar-refractivity contribution is -0.141. The standard InChI is InChI=1S/C17H19ClNO5P/c1-13-8-10-16(11-9-13)23-25(18,21)24-17(20)14(2)19-22-12-15-6-4-3-5-7-15/h3-11,14,19H,12H2,1-2H3/t14-,25?/m0/s1. The highest BCUT2D eigenvalue weighted by atomic mass is 35.7. The van der Waals surface area contributed by atoms with E-state index < -0.39 is 19.0 Å². The van der Waals surface area contributed by atoms with Crippen molar-refractivity contribution in [3.8, 4) is 5.75 Å². The molecular formula is C17H19ClNO5P. The SMILES string of the molecule is Cc1ccc(OP(=O)(Cl)OC(=O)[C@H](C)NOCc2ccccc2)cc1. The lowest BCUT2D eigenvalue weighted by Gasteiger charge is -2.16. The zero-order valence-electron chi connectivity index (χ0n) is 13.8. The van der Waals surface area contributed by atoms with Crippen LogP contribution < -0.4 is 10.0 Å². The number of hydrogen-bond acceptors (Lipinski definition) is 6. The van der Waals surface area contributed by atoms with Crippen LogP contribution in [-0.2, 0) is 25.3 Å². The van der Waals surface area contributed by atoms with Gasteiger partial charge in [0, 0.05) is 11.2 Å². The highest BCUT2D eigenvalue weighted by Gasteiger charge is 2.30. The quantitative estimate of drug-likeness (QED) is 0.539. The molecule has 2 atom stereocenters. The highest BCUT2D eigenvalue weighted by Crippen LogP contribution is 2.53. The first-order chi connectivity index (χ1) is 11.9. The predicted octanol–water partition coefficient (Wildman–Crippen LogP) is 4.37. The lowest BCUT2D eigenvalue weighted by Crippen LogP contribution is -2.34. The number of halogens is 1. The van der Waals surface area contributed by atoms with Gasteiger partial charge in [-0.1, -0.05) is 48.0 Å². The van der Waals surface area contributed by atoms with Crippen molar-refractivity contribution in [1.29, 1.82) is 0 Å². The van der Waals surface area contributed by atoms with Crippen molar-refractivity contribution in [3.63, 3.8) is 0 Å². The fourth-order valence-electron chi connectivity index (χ4n) is 1.80. The molecular weight excluding hydrogens is 365 g/mol. The molecule has 0 heterocycles. The van der Waals surface area contributed by atoms with Gasteiger partial charge in [-0.2, -0.15) is 5.48 Å². The van der Waals surface area contributed by atoms with Gasteiger partial charge in [0.25, 0.3) is 0 Å². The van der Waals surface area contributed by atoms with Crippen molar-refractivity contribution < 1.29 is 23.2 Å². The molecule has 0 radical (unpaired) electrons. The molecule has 0 bridgehead atoms. The molecule has 0 aromatic heterocycles. The summed E-state index contributed by atoms with van der Waals surface area (Å²) < 4.78 is 21.9. The molecule has 0 saturated heterocycles. The Morgan fingerprint density at radius 3 is 2.44 bits per heavy atom. The van der Waals surface area contributed by atoms with Gasteiger partial charge in [0.2, 0.25) is 0 Å². The van der Waals surface area contributed by atoms with Crippen molar-refractivity contribution in [2.24, 2.45) is 0 Å². The van der Waals surface area contributed by atoms with Gasteiger partial charge in [-0.25, -0.2) is 9.36 Å². The lowest BCUT2D eigenvalue weighted by atomic mass is 10.2. The summed E-state index contributed by atoms with van der Waals surface area (Å²) in [7, 11) is 0. The van der Waals surface area contributed by atoms with Gasteiger partial charge >= 0.3 is 12.9 Å². The van der Waals surface area contributed by atoms with Crippen molar-refractivity contribution in [1.82, 2.24) is 5.48 Å². The molecule has 0 aliphatic carbocycles. The minimum atomic E-state index is -4.10. The largest absolute Gasteiger partial charge is 0.532 e. The third-order valence-corrected chi connectivity index (χ3v) is 4.37. The molecule has 134 valence electrons. The van der Waals surface area contributed by atoms with E-state index in [0.717, 1.165) is 11.1 Å². The Bertz CT molecular complexity index is 738. The Kier molecular flexibility index (Phi) is 7.02. The molecule has 2 aromatic rings. The van der Waals surface area contributed by atoms with Crippen molar-refractivity contribution in [2.45, 2.75) is 26.5 Å². The average molecular weight is 384 g/mol. The third-order valence-electron chi connectivity index (χ3n) is 3.13. The van der Waals surface area contributed by atoms with E-state index in [-0.39, 0.29) is 12.4 Å². The van der Waals surface area contributed by atoms with Crippen LogP contribution in [0.2, 0.25) is 0 Å². The van der Waals surface area contributed by atoms with Gasteiger partial charge in [0.15, 0.2) is 0 Å². The second kappa shape index (κ2) is 9.02. The number of hydrogen-bond donors (Lipinski definition) is 1. The van der Waals surface area contributed by atoms with Crippen molar-refractivity contribution in [2.75, 3.05) is 0 Å². The summed E-state index contributed by atoms with van der Waals surface area (Å²) in [5, 5.41) is 0. The van der Waals surface area contributed by atoms with E-state index in [9.17, 15) is 9.36 Å². The third kappa shape index (κ3) is 6.88. The summed E-state index contributed by atoms with van der Waals surface area (Å²) >= 11 is 5.70. The first-order valence-electron chi connectivity index (χ1n) is 7.56. The molecule has 6 nitrogen and oxygen atoms in total. The molecule has 0 amide bonds. The average Bonchev–Trinajstić information content (AvgIpc) is 2.57. The van der Waals surface area contributed by atoms with Gasteiger partial charge in [-0.15, -0.1) is 0 Å². The zero-order valence-corrected chi connectivity index (χ0v) is 15.5. The smallest absolute Gasteiger partial charge is 0.405 e. The molecule has 8 heteroatoms. The number of carbonyl (C=O) groups excluding carboxylic acids is 1.